The highest BCUT2D eigenvalue weighted by Gasteiger charge is 2.45. The van der Waals surface area contributed by atoms with Gasteiger partial charge in [0.05, 0.1) is 18.6 Å². The van der Waals surface area contributed by atoms with Gasteiger partial charge in [0.15, 0.2) is 5.96 Å². The number of H-pyrrole nitrogens is 1. The number of carbonyl (C=O) groups excluding carboxylic acids is 11. The van der Waals surface area contributed by atoms with E-state index in [0.29, 0.717) is 23.2 Å². The lowest BCUT2D eigenvalue weighted by molar-refractivity contribution is -0.143. The highest BCUT2D eigenvalue weighted by molar-refractivity contribution is 5.99. The van der Waals surface area contributed by atoms with Gasteiger partial charge in [0.25, 0.3) is 5.91 Å². The summed E-state index contributed by atoms with van der Waals surface area (Å²) >= 11 is 0. The molecule has 10 atom stereocenters. The van der Waals surface area contributed by atoms with Gasteiger partial charge in [-0.15, -0.1) is 0 Å². The van der Waals surface area contributed by atoms with Crippen LogP contribution >= 0.6 is 0 Å². The maximum Gasteiger partial charge on any atom is 0.334 e. The number of nitrogens with one attached hydrogen (secondary N) is 12. The number of aromatic nitrogens is 1. The first kappa shape index (κ1) is 73.7. The molecule has 2 heterocycles. The van der Waals surface area contributed by atoms with Crippen LogP contribution in [0.15, 0.2) is 90.1 Å². The van der Waals surface area contributed by atoms with Crippen molar-refractivity contribution < 1.29 is 68.1 Å². The highest BCUT2D eigenvalue weighted by atomic mass is 16.3. The van der Waals surface area contributed by atoms with Crippen molar-refractivity contribution >= 4 is 82.1 Å². The molecule has 1 aromatic heterocycles. The Balaban J connectivity index is 1.28. The summed E-state index contributed by atoms with van der Waals surface area (Å²) < 4.78 is 0. The molecule has 1 saturated heterocycles. The number of amides is 13. The van der Waals surface area contributed by atoms with Crippen molar-refractivity contribution in [2.75, 3.05) is 47.3 Å². The van der Waals surface area contributed by atoms with Gasteiger partial charge in [-0.25, -0.2) is 15.0 Å². The van der Waals surface area contributed by atoms with Gasteiger partial charge in [0.2, 0.25) is 47.3 Å². The number of guanidine groups is 1. The molecule has 13 amide bonds. The molecule has 0 aliphatic carbocycles. The number of phenolic OH excluding ortho intramolecular Hbond substituents is 1. The van der Waals surface area contributed by atoms with Crippen LogP contribution in [0.3, 0.4) is 0 Å². The zero-order chi connectivity index (χ0) is 68.5. The number of likely N-dealkylation sites (tertiary alicyclic amines) is 1. The van der Waals surface area contributed by atoms with Crippen molar-refractivity contribution in [3.05, 3.63) is 102 Å². The Bertz CT molecular complexity index is 3260. The Labute approximate surface area is 537 Å². The predicted molar refractivity (Wildman–Crippen MR) is 341 cm³/mol. The number of hydrogen-bond donors (Lipinski definition) is 18. The molecule has 1 unspecified atom stereocenters. The average molecular weight is 1300 g/mol. The number of hydrogen-bond acceptors (Lipinski definition) is 16. The molecule has 32 nitrogen and oxygen atoms in total. The van der Waals surface area contributed by atoms with E-state index in [1.165, 1.54) is 31.3 Å². The molecule has 3 aromatic carbocycles. The Kier molecular flexibility index (Phi) is 28.6. The molecule has 21 N–H and O–H groups in total. The van der Waals surface area contributed by atoms with E-state index >= 15 is 0 Å². The molecular formula is C61H88N18O14. The fourth-order valence-electron chi connectivity index (χ4n) is 10.1. The summed E-state index contributed by atoms with van der Waals surface area (Å²) in [7, 11) is 5.07. The molecule has 1 aliphatic heterocycles. The minimum Gasteiger partial charge on any atom is -0.508 e. The summed E-state index contributed by atoms with van der Waals surface area (Å²) in [6.45, 7) is 5.36. The smallest absolute Gasteiger partial charge is 0.334 e. The Morgan fingerprint density at radius 2 is 1.27 bits per heavy atom. The van der Waals surface area contributed by atoms with Gasteiger partial charge in [0, 0.05) is 69.6 Å². The van der Waals surface area contributed by atoms with E-state index in [1.54, 1.807) is 64.5 Å². The number of para-hydroxylation sites is 1. The van der Waals surface area contributed by atoms with Crippen LogP contribution in [0.1, 0.15) is 69.6 Å². The summed E-state index contributed by atoms with van der Waals surface area (Å²) in [5, 5.41) is 55.9. The maximum absolute atomic E-state index is 14.3. The second-order valence-electron chi connectivity index (χ2n) is 23.2. The number of phenols is 1. The topological polar surface area (TPSA) is 493 Å². The molecule has 0 saturated carbocycles. The number of aromatic hydroxyl groups is 1. The molecule has 1 aliphatic rings. The molecule has 93 heavy (non-hydrogen) atoms. The van der Waals surface area contributed by atoms with E-state index in [9.17, 15) is 68.1 Å². The summed E-state index contributed by atoms with van der Waals surface area (Å²) in [5.74, 6) is -9.09. The van der Waals surface area contributed by atoms with Crippen LogP contribution < -0.4 is 75.9 Å². The standard InChI is InChI=1S/C61H88N18O14/c1-33(2)27-43(53(86)69-41(17-12-23-66-59(64)65-4)52(85)70-42(51(63)84)30-37-32-68-40-16-11-10-15-39(37)40)73-61(93)77-76-55(88)44(28-35-13-8-7-9-14-35)71-56(89)49(34(3)80)75-54(87)45(31-48(62)83)72-57(90)50-47(82)22-25-79(50)58(91)46(29-36-18-20-38(81)21-19-36)74-60(92)67-24-26-78(5)6/h7-11,13-16,18-21,32-34,41-47,49-50,68,80-82H,12,17,22-31H2,1-6H3,(H2,62,83)(H2,63,84)(H,69,86)(H,70,85)(H,71,89)(H,72,90)(H,75,87)(H,76,88)(H3,64,65,66)(H2,67,74,92)(H2,73,77,93)/t34-,41+,42+,43+,44+,45+,46-,47?,49+,50+/m1/s1. The summed E-state index contributed by atoms with van der Waals surface area (Å²) in [5.41, 5.74) is 24.0. The van der Waals surface area contributed by atoms with Gasteiger partial charge in [-0.05, 0) is 87.5 Å². The number of likely N-dealkylation sites (N-methyl/N-ethyl adjacent to an activating group) is 1. The van der Waals surface area contributed by atoms with Crippen LogP contribution in [0.5, 0.6) is 5.75 Å². The molecule has 506 valence electrons. The highest BCUT2D eigenvalue weighted by Crippen LogP contribution is 2.23. The lowest BCUT2D eigenvalue weighted by Gasteiger charge is -2.31. The Morgan fingerprint density at radius 1 is 0.656 bits per heavy atom. The summed E-state index contributed by atoms with van der Waals surface area (Å²) in [6, 6.07) is 7.31. The van der Waals surface area contributed by atoms with Gasteiger partial charge in [-0.1, -0.05) is 74.5 Å². The minimum atomic E-state index is -1.92. The summed E-state index contributed by atoms with van der Waals surface area (Å²) in [6.07, 6.45) is -2.64. The van der Waals surface area contributed by atoms with Gasteiger partial charge >= 0.3 is 12.1 Å². The van der Waals surface area contributed by atoms with E-state index < -0.39 is 132 Å². The summed E-state index contributed by atoms with van der Waals surface area (Å²) in [4.78, 5) is 161. The Hall–Kier alpha value is -10.1. The lowest BCUT2D eigenvalue weighted by Crippen LogP contribution is -2.63. The number of aromatic amines is 1. The van der Waals surface area contributed by atoms with Crippen LogP contribution in [0.4, 0.5) is 9.59 Å². The van der Waals surface area contributed by atoms with E-state index in [2.05, 4.69) is 68.7 Å². The molecule has 0 radical (unpaired) electrons. The van der Waals surface area contributed by atoms with Crippen molar-refractivity contribution in [2.24, 2.45) is 28.1 Å². The van der Waals surface area contributed by atoms with Crippen LogP contribution in [0.25, 0.3) is 10.9 Å². The molecule has 0 spiro atoms. The number of aliphatic imine (C=N–C) groups is 1. The SMILES string of the molecule is CN=C(N)NCCC[C@H](NC(=O)[C@H](CC(C)C)NC(=O)NNC(=O)[C@H](Cc1ccccc1)NC(=O)[C@@H](NC(=O)[C@H](CC(N)=O)NC(=O)[C@@H]1C(O)CCN1C(=O)[C@@H](Cc1ccc(O)cc1)NC(=O)NCCN(C)C)[C@@H](C)O)C(=O)N[C@@H](Cc1c[nH]c2ccccc12)C(N)=O. The predicted octanol–water partition coefficient (Wildman–Crippen LogP) is -3.68. The third-order valence-electron chi connectivity index (χ3n) is 15.0. The van der Waals surface area contributed by atoms with E-state index in [4.69, 9.17) is 17.2 Å². The zero-order valence-electron chi connectivity index (χ0n) is 52.8. The van der Waals surface area contributed by atoms with E-state index in [1.807, 2.05) is 29.2 Å². The number of urea groups is 2. The lowest BCUT2D eigenvalue weighted by atomic mass is 10.0. The molecule has 0 bridgehead atoms. The third kappa shape index (κ3) is 23.6. The van der Waals surface area contributed by atoms with Crippen molar-refractivity contribution in [1.82, 2.24) is 73.5 Å². The fraction of sp³-hybridized carbons (Fsp3) is 0.475. The number of primary amides is 2. The quantitative estimate of drug-likeness (QED) is 0.00945. The van der Waals surface area contributed by atoms with Gasteiger partial charge in [-0.2, -0.15) is 0 Å². The number of fused-ring (bicyclic) bond motifs is 1. The average Bonchev–Trinajstić information content (AvgIpc) is 1.79. The first-order valence-electron chi connectivity index (χ1n) is 30.3. The minimum absolute atomic E-state index is 0.00895. The third-order valence-corrected chi connectivity index (χ3v) is 15.0. The Morgan fingerprint density at radius 3 is 1.91 bits per heavy atom. The largest absolute Gasteiger partial charge is 0.508 e. The van der Waals surface area contributed by atoms with Crippen LogP contribution in [-0.4, -0.2) is 209 Å². The van der Waals surface area contributed by atoms with Crippen molar-refractivity contribution in [2.45, 2.75) is 133 Å². The van der Waals surface area contributed by atoms with Gasteiger partial charge in [-0.3, -0.25) is 53.6 Å². The zero-order valence-corrected chi connectivity index (χ0v) is 52.8. The normalized spacial score (nSPS) is 16.4. The number of carbonyl (C=O) groups is 11. The fourth-order valence-corrected chi connectivity index (χ4v) is 10.1. The second-order valence-corrected chi connectivity index (χ2v) is 23.2. The number of aliphatic hydroxyl groups excluding tert-OH is 2. The molecule has 1 fully saturated rings. The first-order valence-corrected chi connectivity index (χ1v) is 30.3. The number of nitrogens with zero attached hydrogens (tertiary/aromatic N) is 3. The van der Waals surface area contributed by atoms with Crippen molar-refractivity contribution in [3.8, 4) is 5.75 Å². The second kappa shape index (κ2) is 36.1. The number of hydrazine groups is 1. The van der Waals surface area contributed by atoms with Gasteiger partial charge in [0.1, 0.15) is 54.1 Å². The number of aliphatic hydroxyl groups is 2. The van der Waals surface area contributed by atoms with Crippen molar-refractivity contribution in [1.29, 1.82) is 0 Å². The van der Waals surface area contributed by atoms with Crippen LogP contribution in [0.2, 0.25) is 0 Å². The van der Waals surface area contributed by atoms with E-state index in [-0.39, 0.29) is 82.2 Å². The number of benzene rings is 3. The molecule has 4 aromatic rings. The number of rotatable bonds is 33. The molecular weight excluding hydrogens is 1210 g/mol. The molecule has 32 heteroatoms. The number of nitrogens with two attached hydrogens (primary N) is 3. The first-order chi connectivity index (χ1) is 44.1. The molecule has 5 rings (SSSR count). The van der Waals surface area contributed by atoms with Crippen molar-refractivity contribution in [3.63, 3.8) is 0 Å². The van der Waals surface area contributed by atoms with Gasteiger partial charge < -0.3 is 95.2 Å². The monoisotopic (exact) mass is 1300 g/mol. The van der Waals surface area contributed by atoms with E-state index in [0.717, 1.165) is 22.7 Å². The van der Waals surface area contributed by atoms with Crippen LogP contribution in [0, 0.1) is 5.92 Å². The van der Waals surface area contributed by atoms with Crippen LogP contribution in [-0.2, 0) is 62.4 Å². The maximum atomic E-state index is 14.3.